The summed E-state index contributed by atoms with van der Waals surface area (Å²) in [6.07, 6.45) is 7.18. The third-order valence-corrected chi connectivity index (χ3v) is 4.11. The summed E-state index contributed by atoms with van der Waals surface area (Å²) in [6.45, 7) is 4.10. The molecule has 1 unspecified atom stereocenters. The summed E-state index contributed by atoms with van der Waals surface area (Å²) < 4.78 is 2.23. The zero-order chi connectivity index (χ0) is 12.4. The van der Waals surface area contributed by atoms with Gasteiger partial charge in [-0.05, 0) is 36.9 Å². The highest BCUT2D eigenvalue weighted by atomic mass is 32.1. The van der Waals surface area contributed by atoms with Crippen LogP contribution in [0.15, 0.2) is 29.4 Å². The topological polar surface area (TPSA) is 29.9 Å². The second kappa shape index (κ2) is 5.24. The molecular formula is C14H19N3S. The Labute approximate surface area is 112 Å². The number of thiazole rings is 1. The zero-order valence-electron chi connectivity index (χ0n) is 10.7. The van der Waals surface area contributed by atoms with E-state index >= 15 is 0 Å². The first-order chi connectivity index (χ1) is 8.86. The summed E-state index contributed by atoms with van der Waals surface area (Å²) in [4.78, 5) is 4.33. The van der Waals surface area contributed by atoms with Gasteiger partial charge in [0.05, 0.1) is 17.7 Å². The van der Waals surface area contributed by atoms with Crippen molar-refractivity contribution < 1.29 is 0 Å². The molecule has 0 aromatic carbocycles. The third-order valence-electron chi connectivity index (χ3n) is 3.48. The predicted octanol–water partition coefficient (Wildman–Crippen LogP) is 3.05. The largest absolute Gasteiger partial charge is 0.348 e. The number of nitrogens with zero attached hydrogens (tertiary/aromatic N) is 2. The first kappa shape index (κ1) is 11.9. The first-order valence-electron chi connectivity index (χ1n) is 6.63. The highest BCUT2D eigenvalue weighted by molar-refractivity contribution is 7.07. The molecule has 0 spiro atoms. The Hall–Kier alpha value is -1.13. The van der Waals surface area contributed by atoms with E-state index in [-0.39, 0.29) is 0 Å². The van der Waals surface area contributed by atoms with Crippen molar-refractivity contribution >= 4 is 11.3 Å². The molecule has 0 aliphatic heterocycles. The molecule has 2 aromatic rings. The maximum absolute atomic E-state index is 4.33. The van der Waals surface area contributed by atoms with E-state index < -0.39 is 0 Å². The van der Waals surface area contributed by atoms with Crippen molar-refractivity contribution in [1.82, 2.24) is 14.9 Å². The molecule has 0 amide bonds. The van der Waals surface area contributed by atoms with Crippen LogP contribution in [0.3, 0.4) is 0 Å². The molecule has 96 valence electrons. The molecule has 3 rings (SSSR count). The molecule has 1 atom stereocenters. The van der Waals surface area contributed by atoms with Crippen LogP contribution in [0.5, 0.6) is 0 Å². The molecule has 3 nitrogen and oxygen atoms in total. The fraction of sp³-hybridized carbons (Fsp3) is 0.500. The van der Waals surface area contributed by atoms with E-state index in [0.717, 1.165) is 24.7 Å². The fourth-order valence-electron chi connectivity index (χ4n) is 2.45. The van der Waals surface area contributed by atoms with Gasteiger partial charge in [-0.25, -0.2) is 4.98 Å². The van der Waals surface area contributed by atoms with Gasteiger partial charge in [-0.15, -0.1) is 11.3 Å². The summed E-state index contributed by atoms with van der Waals surface area (Å²) in [5.41, 5.74) is 4.47. The predicted molar refractivity (Wildman–Crippen MR) is 74.8 cm³/mol. The van der Waals surface area contributed by atoms with Crippen molar-refractivity contribution in [3.8, 4) is 0 Å². The Morgan fingerprint density at radius 3 is 3.11 bits per heavy atom. The Morgan fingerprint density at radius 1 is 1.56 bits per heavy atom. The van der Waals surface area contributed by atoms with Gasteiger partial charge >= 0.3 is 0 Å². The molecule has 1 saturated carbocycles. The van der Waals surface area contributed by atoms with Crippen LogP contribution in [0.1, 0.15) is 37.1 Å². The molecular weight excluding hydrogens is 242 g/mol. The molecule has 0 saturated heterocycles. The number of hydrogen-bond acceptors (Lipinski definition) is 3. The molecule has 18 heavy (non-hydrogen) atoms. The summed E-state index contributed by atoms with van der Waals surface area (Å²) in [5.74, 6) is 0.847. The average molecular weight is 261 g/mol. The van der Waals surface area contributed by atoms with E-state index in [1.54, 1.807) is 11.3 Å². The van der Waals surface area contributed by atoms with Crippen molar-refractivity contribution in [2.24, 2.45) is 5.92 Å². The number of nitrogens with one attached hydrogen (secondary N) is 1. The molecule has 1 aliphatic carbocycles. The van der Waals surface area contributed by atoms with Crippen LogP contribution in [0.4, 0.5) is 0 Å². The summed E-state index contributed by atoms with van der Waals surface area (Å²) in [6, 6.07) is 2.80. The molecule has 1 fully saturated rings. The van der Waals surface area contributed by atoms with E-state index in [9.17, 15) is 0 Å². The lowest BCUT2D eigenvalue weighted by molar-refractivity contribution is 0.495. The summed E-state index contributed by atoms with van der Waals surface area (Å²) >= 11 is 1.66. The van der Waals surface area contributed by atoms with E-state index in [4.69, 9.17) is 0 Å². The van der Waals surface area contributed by atoms with Crippen LogP contribution in [0.2, 0.25) is 0 Å². The number of rotatable bonds is 6. The van der Waals surface area contributed by atoms with Crippen LogP contribution in [0, 0.1) is 5.92 Å². The lowest BCUT2D eigenvalue weighted by Crippen LogP contribution is -2.22. The first-order valence-corrected chi connectivity index (χ1v) is 7.57. The van der Waals surface area contributed by atoms with Gasteiger partial charge in [0.15, 0.2) is 0 Å². The molecule has 2 heterocycles. The Bertz CT molecular complexity index is 485. The van der Waals surface area contributed by atoms with Gasteiger partial charge in [0.25, 0.3) is 0 Å². The van der Waals surface area contributed by atoms with Gasteiger partial charge in [0, 0.05) is 23.8 Å². The lowest BCUT2D eigenvalue weighted by Gasteiger charge is -2.15. The highest BCUT2D eigenvalue weighted by Crippen LogP contribution is 2.41. The standard InChI is InChI=1S/C14H19N3S/c1-2-15-14(11-3-4-11)12-5-6-17(7-12)8-13-9-18-10-16-13/h5-7,9-11,14-15H,2-4,8H2,1H3. The molecule has 1 N–H and O–H groups in total. The van der Waals surface area contributed by atoms with Crippen molar-refractivity contribution in [3.63, 3.8) is 0 Å². The van der Waals surface area contributed by atoms with Crippen LogP contribution in [-0.4, -0.2) is 16.1 Å². The molecule has 0 radical (unpaired) electrons. The fourth-order valence-corrected chi connectivity index (χ4v) is 3.00. The molecule has 2 aromatic heterocycles. The van der Waals surface area contributed by atoms with Gasteiger partial charge < -0.3 is 9.88 Å². The van der Waals surface area contributed by atoms with E-state index in [1.807, 2.05) is 5.51 Å². The summed E-state index contributed by atoms with van der Waals surface area (Å²) in [7, 11) is 0. The number of aromatic nitrogens is 2. The van der Waals surface area contributed by atoms with Crippen LogP contribution < -0.4 is 5.32 Å². The summed E-state index contributed by atoms with van der Waals surface area (Å²) in [5, 5.41) is 5.72. The van der Waals surface area contributed by atoms with Crippen LogP contribution >= 0.6 is 11.3 Å². The van der Waals surface area contributed by atoms with Crippen molar-refractivity contribution in [3.05, 3.63) is 40.6 Å². The van der Waals surface area contributed by atoms with Crippen LogP contribution in [-0.2, 0) is 6.54 Å². The number of hydrogen-bond donors (Lipinski definition) is 1. The van der Waals surface area contributed by atoms with Crippen molar-refractivity contribution in [2.45, 2.75) is 32.4 Å². The normalized spacial score (nSPS) is 16.9. The SMILES string of the molecule is CCNC(c1ccn(Cc2cscn2)c1)C1CC1. The Kier molecular flexibility index (Phi) is 3.48. The monoisotopic (exact) mass is 261 g/mol. The average Bonchev–Trinajstić information content (AvgIpc) is 2.88. The minimum Gasteiger partial charge on any atom is -0.348 e. The Morgan fingerprint density at radius 2 is 2.44 bits per heavy atom. The molecule has 0 bridgehead atoms. The van der Waals surface area contributed by atoms with Crippen molar-refractivity contribution in [1.29, 1.82) is 0 Å². The van der Waals surface area contributed by atoms with Gasteiger partial charge in [0.2, 0.25) is 0 Å². The van der Waals surface area contributed by atoms with Crippen molar-refractivity contribution in [2.75, 3.05) is 6.54 Å². The van der Waals surface area contributed by atoms with Gasteiger partial charge in [-0.1, -0.05) is 6.92 Å². The molecule has 1 aliphatic rings. The van der Waals surface area contributed by atoms with E-state index in [1.165, 1.54) is 18.4 Å². The van der Waals surface area contributed by atoms with Gasteiger partial charge in [-0.3, -0.25) is 0 Å². The maximum atomic E-state index is 4.33. The van der Waals surface area contributed by atoms with Gasteiger partial charge in [0.1, 0.15) is 0 Å². The minimum absolute atomic E-state index is 0.548. The minimum atomic E-state index is 0.548. The molecule has 4 heteroatoms. The lowest BCUT2D eigenvalue weighted by atomic mass is 10.1. The Balaban J connectivity index is 1.71. The van der Waals surface area contributed by atoms with Crippen LogP contribution in [0.25, 0.3) is 0 Å². The maximum Gasteiger partial charge on any atom is 0.0795 e. The highest BCUT2D eigenvalue weighted by Gasteiger charge is 2.31. The quantitative estimate of drug-likeness (QED) is 0.866. The zero-order valence-corrected chi connectivity index (χ0v) is 11.5. The third kappa shape index (κ3) is 2.65. The van der Waals surface area contributed by atoms with E-state index in [2.05, 4.69) is 45.6 Å². The second-order valence-electron chi connectivity index (χ2n) is 4.97. The van der Waals surface area contributed by atoms with E-state index in [0.29, 0.717) is 6.04 Å². The second-order valence-corrected chi connectivity index (χ2v) is 5.69. The smallest absolute Gasteiger partial charge is 0.0795 e. The van der Waals surface area contributed by atoms with Gasteiger partial charge in [-0.2, -0.15) is 0 Å².